The molecule has 0 spiro atoms. The quantitative estimate of drug-likeness (QED) is 0.272. The monoisotopic (exact) mass is 556 g/mol. The number of amides is 1. The number of amidine groups is 1. The molecule has 3 aromatic rings. The van der Waals surface area contributed by atoms with Gasteiger partial charge in [0, 0.05) is 10.6 Å². The number of methoxy groups -OCH3 is 1. The molecule has 0 aliphatic carbocycles. The molecule has 1 saturated heterocycles. The molecular weight excluding hydrogens is 535 g/mol. The van der Waals surface area contributed by atoms with E-state index in [9.17, 15) is 4.79 Å². The van der Waals surface area contributed by atoms with E-state index >= 15 is 0 Å². The van der Waals surface area contributed by atoms with Crippen LogP contribution in [0.1, 0.15) is 11.1 Å². The Labute approximate surface area is 205 Å². The molecule has 1 heterocycles. The zero-order valence-electron chi connectivity index (χ0n) is 17.6. The van der Waals surface area contributed by atoms with Crippen molar-refractivity contribution in [2.75, 3.05) is 14.2 Å². The molecule has 4 rings (SSSR count). The number of rotatable bonds is 6. The largest absolute Gasteiger partial charge is 0.497 e. The zero-order chi connectivity index (χ0) is 22.5. The van der Waals surface area contributed by atoms with E-state index in [2.05, 4.69) is 51.8 Å². The first-order chi connectivity index (χ1) is 15.5. The van der Waals surface area contributed by atoms with Gasteiger partial charge in [-0.15, -0.1) is 0 Å². The van der Waals surface area contributed by atoms with Gasteiger partial charge in [-0.3, -0.25) is 9.69 Å². The van der Waals surface area contributed by atoms with Gasteiger partial charge in [-0.2, -0.15) is 0 Å². The number of aliphatic imine (C=N–C) groups is 1. The molecule has 3 aromatic carbocycles. The molecule has 1 amide bonds. The van der Waals surface area contributed by atoms with E-state index in [4.69, 9.17) is 9.47 Å². The molecule has 7 heteroatoms. The first-order valence-electron chi connectivity index (χ1n) is 9.89. The second-order valence-corrected chi connectivity index (χ2v) is 9.31. The van der Waals surface area contributed by atoms with Crippen LogP contribution in [0.3, 0.4) is 0 Å². The number of hydrogen-bond donors (Lipinski definition) is 0. The summed E-state index contributed by atoms with van der Waals surface area (Å²) >= 11 is 3.65. The maximum Gasteiger partial charge on any atom is 0.266 e. The van der Waals surface area contributed by atoms with Crippen LogP contribution in [0.5, 0.6) is 11.5 Å². The lowest BCUT2D eigenvalue weighted by Gasteiger charge is -2.07. The van der Waals surface area contributed by atoms with Gasteiger partial charge in [0.05, 0.1) is 17.7 Å². The number of carbonyl (C=O) groups is 1. The van der Waals surface area contributed by atoms with Gasteiger partial charge in [0.15, 0.2) is 5.17 Å². The number of halogens is 1. The molecule has 0 N–H and O–H groups in total. The van der Waals surface area contributed by atoms with Crippen molar-refractivity contribution in [2.24, 2.45) is 4.99 Å². The summed E-state index contributed by atoms with van der Waals surface area (Å²) < 4.78 is 12.2. The Morgan fingerprint density at radius 2 is 1.62 bits per heavy atom. The van der Waals surface area contributed by atoms with Crippen molar-refractivity contribution in [3.8, 4) is 11.5 Å². The summed E-state index contributed by atoms with van der Waals surface area (Å²) in [5.41, 5.74) is 2.82. The van der Waals surface area contributed by atoms with E-state index in [0.29, 0.717) is 16.7 Å². The Kier molecular flexibility index (Phi) is 7.16. The third-order valence-corrected chi connectivity index (χ3v) is 6.58. The highest BCUT2D eigenvalue weighted by atomic mass is 127. The number of ether oxygens (including phenoxy) is 2. The number of benzene rings is 3. The van der Waals surface area contributed by atoms with Crippen LogP contribution < -0.4 is 9.47 Å². The fourth-order valence-corrected chi connectivity index (χ4v) is 4.32. The second kappa shape index (κ2) is 10.2. The number of thioether (sulfide) groups is 1. The van der Waals surface area contributed by atoms with E-state index in [0.717, 1.165) is 28.3 Å². The van der Waals surface area contributed by atoms with Crippen LogP contribution >= 0.6 is 34.4 Å². The van der Waals surface area contributed by atoms with Gasteiger partial charge in [-0.1, -0.05) is 24.3 Å². The Hall–Kier alpha value is -2.78. The van der Waals surface area contributed by atoms with Gasteiger partial charge in [0.25, 0.3) is 5.91 Å². The molecule has 0 bridgehead atoms. The second-order valence-electron chi connectivity index (χ2n) is 7.05. The molecule has 5 nitrogen and oxygen atoms in total. The summed E-state index contributed by atoms with van der Waals surface area (Å²) in [6.45, 7) is 0.516. The summed E-state index contributed by atoms with van der Waals surface area (Å²) in [4.78, 5) is 19.5. The maximum absolute atomic E-state index is 12.7. The predicted octanol–water partition coefficient (Wildman–Crippen LogP) is 6.11. The van der Waals surface area contributed by atoms with Gasteiger partial charge in [0.2, 0.25) is 0 Å². The van der Waals surface area contributed by atoms with Crippen molar-refractivity contribution < 1.29 is 14.3 Å². The zero-order valence-corrected chi connectivity index (χ0v) is 20.6. The molecule has 1 aliphatic heterocycles. The van der Waals surface area contributed by atoms with E-state index in [-0.39, 0.29) is 5.91 Å². The van der Waals surface area contributed by atoms with Gasteiger partial charge < -0.3 is 9.47 Å². The van der Waals surface area contributed by atoms with Crippen LogP contribution in [0, 0.1) is 3.57 Å². The molecule has 0 aromatic heterocycles. The molecule has 0 unspecified atom stereocenters. The van der Waals surface area contributed by atoms with Gasteiger partial charge in [-0.25, -0.2) is 4.99 Å². The first-order valence-corrected chi connectivity index (χ1v) is 11.8. The fourth-order valence-electron chi connectivity index (χ4n) is 2.98. The van der Waals surface area contributed by atoms with Crippen LogP contribution in [0.25, 0.3) is 6.08 Å². The van der Waals surface area contributed by atoms with Crippen LogP contribution in [0.4, 0.5) is 5.69 Å². The van der Waals surface area contributed by atoms with Crippen molar-refractivity contribution >= 4 is 57.2 Å². The minimum atomic E-state index is -0.0682. The van der Waals surface area contributed by atoms with Crippen molar-refractivity contribution in [3.63, 3.8) is 0 Å². The number of nitrogens with zero attached hydrogens (tertiary/aromatic N) is 2. The molecular formula is C25H21IN2O3S. The molecule has 0 saturated carbocycles. The Bertz CT molecular complexity index is 1160. The lowest BCUT2D eigenvalue weighted by Crippen LogP contribution is -2.23. The lowest BCUT2D eigenvalue weighted by atomic mass is 10.2. The topological polar surface area (TPSA) is 51.1 Å². The van der Waals surface area contributed by atoms with Crippen molar-refractivity contribution in [3.05, 3.63) is 92.4 Å². The highest BCUT2D eigenvalue weighted by Gasteiger charge is 2.30. The molecule has 1 aliphatic rings. The van der Waals surface area contributed by atoms with Crippen LogP contribution in [0.2, 0.25) is 0 Å². The van der Waals surface area contributed by atoms with Crippen molar-refractivity contribution in [1.29, 1.82) is 0 Å². The van der Waals surface area contributed by atoms with Crippen molar-refractivity contribution in [2.45, 2.75) is 6.61 Å². The highest BCUT2D eigenvalue weighted by Crippen LogP contribution is 2.33. The number of hydrogen-bond acceptors (Lipinski definition) is 5. The smallest absolute Gasteiger partial charge is 0.266 e. The fraction of sp³-hybridized carbons (Fsp3) is 0.120. The van der Waals surface area contributed by atoms with Crippen molar-refractivity contribution in [1.82, 2.24) is 4.90 Å². The molecule has 162 valence electrons. The van der Waals surface area contributed by atoms with E-state index < -0.39 is 0 Å². The predicted molar refractivity (Wildman–Crippen MR) is 138 cm³/mol. The van der Waals surface area contributed by atoms with E-state index in [1.54, 1.807) is 19.1 Å². The Morgan fingerprint density at radius 3 is 2.28 bits per heavy atom. The standard InChI is InChI=1S/C25H21IN2O3S/c1-28-24(29)23(32-25(28)27-20-9-13-21(30-2)14-10-20)15-17-5-11-22(12-6-17)31-16-18-3-7-19(26)8-4-18/h3-15H,16H2,1-2H3. The molecule has 0 radical (unpaired) electrons. The first kappa shape index (κ1) is 22.4. The van der Waals surface area contributed by atoms with E-state index in [1.807, 2.05) is 54.6 Å². The summed E-state index contributed by atoms with van der Waals surface area (Å²) in [7, 11) is 3.36. The minimum absolute atomic E-state index is 0.0682. The van der Waals surface area contributed by atoms with Gasteiger partial charge >= 0.3 is 0 Å². The average Bonchev–Trinajstić information content (AvgIpc) is 3.08. The van der Waals surface area contributed by atoms with Crippen LogP contribution in [0.15, 0.2) is 82.7 Å². The van der Waals surface area contributed by atoms with Crippen LogP contribution in [-0.2, 0) is 11.4 Å². The summed E-state index contributed by atoms with van der Waals surface area (Å²) in [6.07, 6.45) is 1.88. The minimum Gasteiger partial charge on any atom is -0.497 e. The van der Waals surface area contributed by atoms with Crippen LogP contribution in [-0.4, -0.2) is 30.1 Å². The lowest BCUT2D eigenvalue weighted by molar-refractivity contribution is -0.121. The molecule has 32 heavy (non-hydrogen) atoms. The van der Waals surface area contributed by atoms with Gasteiger partial charge in [0.1, 0.15) is 18.1 Å². The SMILES string of the molecule is COc1ccc(N=C2SC(=Cc3ccc(OCc4ccc(I)cc4)cc3)C(=O)N2C)cc1. The number of carbonyl (C=O) groups excluding carboxylic acids is 1. The Balaban J connectivity index is 1.43. The maximum atomic E-state index is 12.7. The third kappa shape index (κ3) is 5.52. The third-order valence-electron chi connectivity index (χ3n) is 4.80. The number of likely N-dealkylation sites (N-methyl/N-ethyl adjacent to an activating group) is 1. The highest BCUT2D eigenvalue weighted by molar-refractivity contribution is 14.1. The Morgan fingerprint density at radius 1 is 0.969 bits per heavy atom. The average molecular weight is 556 g/mol. The summed E-state index contributed by atoms with van der Waals surface area (Å²) in [6, 6.07) is 23.4. The summed E-state index contributed by atoms with van der Waals surface area (Å²) in [5, 5.41) is 0.642. The molecule has 0 atom stereocenters. The van der Waals surface area contributed by atoms with E-state index in [1.165, 1.54) is 15.3 Å². The van der Waals surface area contributed by atoms with Gasteiger partial charge in [-0.05, 0) is 100 Å². The normalized spacial score (nSPS) is 16.1. The summed E-state index contributed by atoms with van der Waals surface area (Å²) in [5.74, 6) is 1.49. The molecule has 1 fully saturated rings.